The quantitative estimate of drug-likeness (QED) is 0.0103. The van der Waals surface area contributed by atoms with E-state index in [-0.39, 0.29) is 202 Å². The Morgan fingerprint density at radius 3 is 1.78 bits per heavy atom. The van der Waals surface area contributed by atoms with Crippen LogP contribution in [0.2, 0.25) is 0 Å². The van der Waals surface area contributed by atoms with E-state index in [4.69, 9.17) is 0 Å². The molecule has 31 heteroatoms. The Hall–Kier alpha value is 0.930. The van der Waals surface area contributed by atoms with Crippen molar-refractivity contribution < 1.29 is 234 Å². The predicted molar refractivity (Wildman–Crippen MR) is 246 cm³/mol. The number of allylic oxidation sites excluding steroid dienone is 8. The van der Waals surface area contributed by atoms with Gasteiger partial charge in [-0.15, -0.1) is 0 Å². The Kier molecular flexibility index (Phi) is 29.9. The number of fused-ring (bicyclic) bond motifs is 6. The molecule has 0 fully saturated rings. The minimum atomic E-state index is -5.11. The van der Waals surface area contributed by atoms with Crippen molar-refractivity contribution in [1.29, 1.82) is 0 Å². The van der Waals surface area contributed by atoms with E-state index in [9.17, 15) is 62.4 Å². The smallest absolute Gasteiger partial charge is 0.748 e. The molecule has 0 amide bonds. The maximum Gasteiger partial charge on any atom is 1.00 e. The summed E-state index contributed by atoms with van der Waals surface area (Å²) in [6, 6.07) is 11.5. The third-order valence-electron chi connectivity index (χ3n) is 11.6. The van der Waals surface area contributed by atoms with Crippen LogP contribution in [0.5, 0.6) is 0 Å². The molecule has 0 N–H and O–H groups in total. The molecule has 4 aromatic carbocycles. The number of unbranched alkanes of at least 4 members (excludes halogenated alkanes) is 2. The third kappa shape index (κ3) is 18.0. The Morgan fingerprint density at radius 2 is 1.19 bits per heavy atom. The molecule has 0 radical (unpaired) electrons. The molecule has 0 bridgehead atoms. The summed E-state index contributed by atoms with van der Waals surface area (Å²) in [5, 5.41) is 29.6. The second-order valence-electron chi connectivity index (χ2n) is 16.9. The predicted octanol–water partition coefficient (Wildman–Crippen LogP) is -10.3. The molecule has 0 aliphatic carbocycles. The summed E-state index contributed by atoms with van der Waals surface area (Å²) in [7, 11) is -19.0. The number of rotatable bonds is 22. The average Bonchev–Trinajstić information content (AvgIpc) is 3.60. The molecular formula is C43H43N2Na5O18S6. The van der Waals surface area contributed by atoms with Crippen LogP contribution in [0, 0.1) is 0 Å². The van der Waals surface area contributed by atoms with E-state index >= 15 is 0 Å². The number of hydrogen-bond acceptors (Lipinski definition) is 21. The Morgan fingerprint density at radius 1 is 0.622 bits per heavy atom. The third-order valence-corrected chi connectivity index (χ3v) is 16.1. The summed E-state index contributed by atoms with van der Waals surface area (Å²) in [6.07, 6.45) is 12.9. The first-order valence-electron chi connectivity index (χ1n) is 20.6. The number of hydrogen-bond donors (Lipinski definition) is 0. The molecule has 74 heavy (non-hydrogen) atoms. The molecular weight excluding hydrogens is 1140 g/mol. The summed E-state index contributed by atoms with van der Waals surface area (Å²) >= 11 is 0.837. The Bertz CT molecular complexity index is 3300. The van der Waals surface area contributed by atoms with Crippen LogP contribution in [0.3, 0.4) is 0 Å². The van der Waals surface area contributed by atoms with Gasteiger partial charge in [0.05, 0.1) is 59.5 Å². The van der Waals surface area contributed by atoms with E-state index in [1.807, 2.05) is 43.2 Å². The van der Waals surface area contributed by atoms with E-state index in [0.717, 1.165) is 12.1 Å². The monoisotopic (exact) mass is 1180 g/mol. The van der Waals surface area contributed by atoms with Crippen LogP contribution in [0.1, 0.15) is 64.5 Å². The van der Waals surface area contributed by atoms with Gasteiger partial charge in [-0.1, -0.05) is 50.3 Å². The van der Waals surface area contributed by atoms with E-state index in [1.165, 1.54) is 12.1 Å². The van der Waals surface area contributed by atoms with E-state index in [1.54, 1.807) is 60.7 Å². The molecule has 0 saturated heterocycles. The van der Waals surface area contributed by atoms with Gasteiger partial charge >= 0.3 is 148 Å². The van der Waals surface area contributed by atoms with Gasteiger partial charge in [0.1, 0.15) is 26.8 Å². The van der Waals surface area contributed by atoms with Gasteiger partial charge in [-0.3, -0.25) is 10.1 Å². The van der Waals surface area contributed by atoms with Crippen molar-refractivity contribution in [2.75, 3.05) is 29.5 Å². The van der Waals surface area contributed by atoms with Crippen molar-refractivity contribution in [1.82, 2.24) is 0 Å². The topological polar surface area (TPSA) is 318 Å². The van der Waals surface area contributed by atoms with Gasteiger partial charge in [-0.05, 0) is 91.9 Å². The van der Waals surface area contributed by atoms with E-state index in [2.05, 4.69) is 18.7 Å². The van der Waals surface area contributed by atoms with Crippen molar-refractivity contribution in [2.24, 2.45) is 0 Å². The van der Waals surface area contributed by atoms with Crippen LogP contribution >= 0.6 is 24.1 Å². The van der Waals surface area contributed by atoms with Crippen LogP contribution in [0.25, 0.3) is 21.5 Å². The van der Waals surface area contributed by atoms with Gasteiger partial charge in [-0.25, -0.2) is 33.7 Å². The normalized spacial score (nSPS) is 15.8. The first-order valence-corrected chi connectivity index (χ1v) is 28.1. The van der Waals surface area contributed by atoms with E-state index < -0.39 is 72.6 Å². The average molecular weight is 1180 g/mol. The zero-order chi connectivity index (χ0) is 50.7. The fourth-order valence-electron chi connectivity index (χ4n) is 8.91. The Balaban J connectivity index is 0.00000548. The van der Waals surface area contributed by atoms with Crippen molar-refractivity contribution in [3.8, 4) is 0 Å². The Labute approximate surface area is 549 Å². The second-order valence-corrected chi connectivity index (χ2v) is 24.2. The fourth-order valence-corrected chi connectivity index (χ4v) is 12.5. The first kappa shape index (κ1) is 72.9. The van der Waals surface area contributed by atoms with Crippen LogP contribution in [0.4, 0.5) is 11.4 Å². The van der Waals surface area contributed by atoms with Crippen molar-refractivity contribution in [3.05, 3.63) is 108 Å². The zero-order valence-corrected chi connectivity index (χ0v) is 56.9. The number of nitrogens with zero attached hydrogens (tertiary/aromatic N) is 2. The molecule has 0 aromatic heterocycles. The molecule has 374 valence electrons. The minimum Gasteiger partial charge on any atom is -0.748 e. The molecule has 6 rings (SSSR count). The van der Waals surface area contributed by atoms with Gasteiger partial charge < -0.3 is 33.6 Å². The zero-order valence-electron chi connectivity index (χ0n) is 42.0. The van der Waals surface area contributed by atoms with E-state index in [0.29, 0.717) is 74.2 Å². The summed E-state index contributed by atoms with van der Waals surface area (Å²) < 4.78 is 154. The first-order chi connectivity index (χ1) is 32.2. The molecule has 2 heterocycles. The standard InChI is InChI=1S/C43H48N2O18S6.5Na/c1-42(2)36(44(20-10-12-22-66(48,49)50)32-19-17-29-25-31(68(54,55)56)27-34(65-63-61-47)38(29)40(32)42)14-8-6-5-7-9-15-37-43(3,4)41-33(45(37)21-11-13-23-67(51,52)53)18-16-28-24-30(64-62-60-46)26-35(39(28)41)69(57,58)59;;;;;/h5-9,14-19,24-27H,10-13,20-23H2,1-4H3,(H5-,46,47,48,49,50,51,52,53,54,55,56,57,58,59);;;;;/q;5*+1/p-5. The van der Waals surface area contributed by atoms with Crippen molar-refractivity contribution in [2.45, 2.75) is 83.8 Å². The van der Waals surface area contributed by atoms with Crippen LogP contribution in [-0.4, -0.2) is 86.8 Å². The summed E-state index contributed by atoms with van der Waals surface area (Å²) in [5.74, 6) is -1.17. The molecule has 2 aliphatic heterocycles. The number of benzene rings is 4. The van der Waals surface area contributed by atoms with Gasteiger partial charge in [-0.2, -0.15) is 13.2 Å². The van der Waals surface area contributed by atoms with Gasteiger partial charge in [0, 0.05) is 79.5 Å². The molecule has 2 aliphatic rings. The summed E-state index contributed by atoms with van der Waals surface area (Å²) in [6.45, 7) is 7.91. The minimum absolute atomic E-state index is 0. The van der Waals surface area contributed by atoms with Gasteiger partial charge in [0.25, 0.3) is 0 Å². The van der Waals surface area contributed by atoms with Crippen LogP contribution in [0.15, 0.2) is 116 Å². The van der Waals surface area contributed by atoms with Gasteiger partial charge in [0.15, 0.2) is 5.71 Å². The molecule has 20 nitrogen and oxygen atoms in total. The molecule has 4 aromatic rings. The summed E-state index contributed by atoms with van der Waals surface area (Å²) in [4.78, 5) is 1.00. The largest absolute Gasteiger partial charge is 1.00 e. The SMILES string of the molecule is CC1(C)C(/C=C/C=C/C=C/C=C2/N(CCCCS(=O)(=O)[O-])c3ccc4cc(S(=O)(=O)[O-])cc(SOO[O-])c4c3C2(C)C)=[N+](CCCCS(=O)(=O)[O-])c2ccc3cc(SOO[O-])cc(S(=O)(=O)[O-])c3c21.[Na+].[Na+].[Na+].[Na+].[Na+]. The second kappa shape index (κ2) is 30.3. The maximum atomic E-state index is 12.8. The van der Waals surface area contributed by atoms with Crippen LogP contribution < -0.4 is 163 Å². The molecule has 0 saturated carbocycles. The maximum absolute atomic E-state index is 12.8. The van der Waals surface area contributed by atoms with Crippen molar-refractivity contribution in [3.63, 3.8) is 0 Å². The fraction of sp³-hybridized carbons (Fsp3) is 0.326. The molecule has 0 atom stereocenters. The summed E-state index contributed by atoms with van der Waals surface area (Å²) in [5.41, 5.74) is 1.84. The number of anilines is 1. The van der Waals surface area contributed by atoms with Crippen LogP contribution in [-0.2, 0) is 70.0 Å². The molecule has 0 spiro atoms. The van der Waals surface area contributed by atoms with Gasteiger partial charge in [0.2, 0.25) is 5.69 Å². The molecule has 0 unspecified atom stereocenters. The van der Waals surface area contributed by atoms with Crippen molar-refractivity contribution >= 4 is 103 Å².